The number of aromatic nitrogens is 1. The maximum absolute atomic E-state index is 11.6. The van der Waals surface area contributed by atoms with Crippen molar-refractivity contribution < 1.29 is 14.7 Å². The molecule has 1 aromatic heterocycles. The molecule has 0 spiro atoms. The molecule has 19 heavy (non-hydrogen) atoms. The predicted octanol–water partition coefficient (Wildman–Crippen LogP) is 1.46. The number of aliphatic carboxylic acids is 1. The first-order valence-electron chi connectivity index (χ1n) is 5.69. The molecule has 0 saturated heterocycles. The lowest BCUT2D eigenvalue weighted by Crippen LogP contribution is -2.46. The third-order valence-corrected chi connectivity index (χ3v) is 4.05. The largest absolute Gasteiger partial charge is 0.480 e. The number of carbonyl (C=O) groups excluding carboxylic acids is 1. The minimum Gasteiger partial charge on any atom is -0.480 e. The molecule has 0 radical (unpaired) electrons. The molecule has 0 aliphatic heterocycles. The zero-order valence-electron chi connectivity index (χ0n) is 10.8. The molecular weight excluding hydrogens is 286 g/mol. The number of carboxylic acids is 1. The van der Waals surface area contributed by atoms with Crippen LogP contribution in [0.2, 0.25) is 0 Å². The number of carbonyl (C=O) groups is 2. The first-order valence-corrected chi connectivity index (χ1v) is 7.97. The standard InChI is InChI=1S/C11H17N3O3S2/c1-7-9(19-6-13-7)5-12-11(17)14-8(10(15)16)3-4-18-2/h6,8H,3-5H2,1-2H3,(H,15,16)(H2,12,14,17)/t8-/m1/s1. The van der Waals surface area contributed by atoms with Gasteiger partial charge in [-0.3, -0.25) is 0 Å². The van der Waals surface area contributed by atoms with Crippen LogP contribution < -0.4 is 10.6 Å². The summed E-state index contributed by atoms with van der Waals surface area (Å²) < 4.78 is 0. The van der Waals surface area contributed by atoms with Crippen LogP contribution in [0.25, 0.3) is 0 Å². The average molecular weight is 303 g/mol. The smallest absolute Gasteiger partial charge is 0.326 e. The molecule has 106 valence electrons. The summed E-state index contributed by atoms with van der Waals surface area (Å²) in [6.07, 6.45) is 2.30. The summed E-state index contributed by atoms with van der Waals surface area (Å²) >= 11 is 3.00. The maximum Gasteiger partial charge on any atom is 0.326 e. The summed E-state index contributed by atoms with van der Waals surface area (Å²) in [4.78, 5) is 27.6. The molecule has 0 unspecified atom stereocenters. The Morgan fingerprint density at radius 2 is 2.32 bits per heavy atom. The fourth-order valence-electron chi connectivity index (χ4n) is 1.36. The molecule has 0 bridgehead atoms. The minimum absolute atomic E-state index is 0.358. The van der Waals surface area contributed by atoms with Gasteiger partial charge in [-0.15, -0.1) is 11.3 Å². The number of nitrogens with zero attached hydrogens (tertiary/aromatic N) is 1. The van der Waals surface area contributed by atoms with E-state index < -0.39 is 18.0 Å². The van der Waals surface area contributed by atoms with Gasteiger partial charge in [0.1, 0.15) is 6.04 Å². The topological polar surface area (TPSA) is 91.3 Å². The van der Waals surface area contributed by atoms with Crippen LogP contribution in [-0.4, -0.2) is 40.1 Å². The van der Waals surface area contributed by atoms with Gasteiger partial charge >= 0.3 is 12.0 Å². The van der Waals surface area contributed by atoms with Crippen LogP contribution >= 0.6 is 23.1 Å². The van der Waals surface area contributed by atoms with Gasteiger partial charge in [0.2, 0.25) is 0 Å². The van der Waals surface area contributed by atoms with Gasteiger partial charge in [0.05, 0.1) is 17.7 Å². The Labute approximate surface area is 120 Å². The van der Waals surface area contributed by atoms with Crippen molar-refractivity contribution in [2.45, 2.75) is 25.9 Å². The molecule has 8 heteroatoms. The van der Waals surface area contributed by atoms with Crippen LogP contribution in [0.1, 0.15) is 17.0 Å². The van der Waals surface area contributed by atoms with E-state index in [0.717, 1.165) is 10.6 Å². The molecule has 1 rings (SSSR count). The van der Waals surface area contributed by atoms with Crippen LogP contribution in [0.15, 0.2) is 5.51 Å². The highest BCUT2D eigenvalue weighted by Gasteiger charge is 2.19. The van der Waals surface area contributed by atoms with Crippen molar-refractivity contribution in [3.05, 3.63) is 16.1 Å². The Bertz CT molecular complexity index is 437. The lowest BCUT2D eigenvalue weighted by Gasteiger charge is -2.14. The van der Waals surface area contributed by atoms with Gasteiger partial charge in [-0.1, -0.05) is 0 Å². The van der Waals surface area contributed by atoms with Crippen LogP contribution in [0, 0.1) is 6.92 Å². The fraction of sp³-hybridized carbons (Fsp3) is 0.545. The zero-order valence-corrected chi connectivity index (χ0v) is 12.4. The second kappa shape index (κ2) is 8.00. The SMILES string of the molecule is CSCC[C@@H](NC(=O)NCc1scnc1C)C(=O)O. The van der Waals surface area contributed by atoms with E-state index in [1.54, 1.807) is 17.3 Å². The fourth-order valence-corrected chi connectivity index (χ4v) is 2.55. The molecule has 1 aromatic rings. The highest BCUT2D eigenvalue weighted by molar-refractivity contribution is 7.98. The molecular formula is C11H17N3O3S2. The van der Waals surface area contributed by atoms with Gasteiger partial charge in [-0.2, -0.15) is 11.8 Å². The van der Waals surface area contributed by atoms with E-state index in [-0.39, 0.29) is 0 Å². The Balaban J connectivity index is 2.40. The van der Waals surface area contributed by atoms with Crippen molar-refractivity contribution in [2.24, 2.45) is 0 Å². The number of hydrogen-bond acceptors (Lipinski definition) is 5. The normalized spacial score (nSPS) is 11.9. The van der Waals surface area contributed by atoms with Gasteiger partial charge in [0.25, 0.3) is 0 Å². The number of hydrogen-bond donors (Lipinski definition) is 3. The van der Waals surface area contributed by atoms with Crippen molar-refractivity contribution in [1.82, 2.24) is 15.6 Å². The number of thiazole rings is 1. The Kier molecular flexibility index (Phi) is 6.65. The summed E-state index contributed by atoms with van der Waals surface area (Å²) in [5, 5.41) is 14.1. The molecule has 0 aromatic carbocycles. The Hall–Kier alpha value is -1.28. The Morgan fingerprint density at radius 3 is 2.84 bits per heavy atom. The number of amides is 2. The van der Waals surface area contributed by atoms with E-state index in [1.165, 1.54) is 11.3 Å². The Morgan fingerprint density at radius 1 is 1.58 bits per heavy atom. The zero-order chi connectivity index (χ0) is 14.3. The van der Waals surface area contributed by atoms with Gasteiger partial charge < -0.3 is 15.7 Å². The van der Waals surface area contributed by atoms with Gasteiger partial charge in [-0.25, -0.2) is 14.6 Å². The molecule has 0 fully saturated rings. The van der Waals surface area contributed by atoms with Crippen molar-refractivity contribution >= 4 is 35.1 Å². The monoisotopic (exact) mass is 303 g/mol. The number of thioether (sulfide) groups is 1. The minimum atomic E-state index is -1.02. The van der Waals surface area contributed by atoms with E-state index in [4.69, 9.17) is 5.11 Å². The second-order valence-corrected chi connectivity index (χ2v) is 5.79. The van der Waals surface area contributed by atoms with Crippen LogP contribution in [0.4, 0.5) is 4.79 Å². The molecule has 1 heterocycles. The highest BCUT2D eigenvalue weighted by Crippen LogP contribution is 2.11. The summed E-state index contributed by atoms with van der Waals surface area (Å²) in [7, 11) is 0. The molecule has 0 aliphatic carbocycles. The number of rotatable bonds is 7. The van der Waals surface area contributed by atoms with Crippen molar-refractivity contribution in [3.8, 4) is 0 Å². The lowest BCUT2D eigenvalue weighted by molar-refractivity contribution is -0.139. The van der Waals surface area contributed by atoms with Crippen LogP contribution in [0.3, 0.4) is 0 Å². The van der Waals surface area contributed by atoms with Crippen molar-refractivity contribution in [2.75, 3.05) is 12.0 Å². The number of carboxylic acid groups (broad SMARTS) is 1. The van der Waals surface area contributed by atoms with Gasteiger partial charge in [0, 0.05) is 4.88 Å². The maximum atomic E-state index is 11.6. The van der Waals surface area contributed by atoms with Crippen LogP contribution in [-0.2, 0) is 11.3 Å². The molecule has 0 saturated carbocycles. The quantitative estimate of drug-likeness (QED) is 0.709. The number of aryl methyl sites for hydroxylation is 1. The summed E-state index contributed by atoms with van der Waals surface area (Å²) in [6, 6.07) is -1.32. The third-order valence-electron chi connectivity index (χ3n) is 2.47. The summed E-state index contributed by atoms with van der Waals surface area (Å²) in [5.74, 6) is -0.330. The van der Waals surface area contributed by atoms with E-state index in [1.807, 2.05) is 13.2 Å². The first kappa shape index (κ1) is 15.8. The molecule has 3 N–H and O–H groups in total. The number of urea groups is 1. The van der Waals surface area contributed by atoms with E-state index in [2.05, 4.69) is 15.6 Å². The van der Waals surface area contributed by atoms with Gasteiger partial charge in [-0.05, 0) is 25.4 Å². The van der Waals surface area contributed by atoms with E-state index in [0.29, 0.717) is 18.7 Å². The van der Waals surface area contributed by atoms with Crippen molar-refractivity contribution in [1.29, 1.82) is 0 Å². The average Bonchev–Trinajstić information content (AvgIpc) is 2.77. The number of nitrogens with one attached hydrogen (secondary N) is 2. The molecule has 0 aliphatic rings. The lowest BCUT2D eigenvalue weighted by atomic mass is 10.2. The molecule has 1 atom stereocenters. The van der Waals surface area contributed by atoms with E-state index >= 15 is 0 Å². The molecule has 6 nitrogen and oxygen atoms in total. The molecule has 2 amide bonds. The van der Waals surface area contributed by atoms with Crippen LogP contribution in [0.5, 0.6) is 0 Å². The van der Waals surface area contributed by atoms with Gasteiger partial charge in [0.15, 0.2) is 0 Å². The first-order chi connectivity index (χ1) is 9.04. The van der Waals surface area contributed by atoms with E-state index in [9.17, 15) is 9.59 Å². The second-order valence-electron chi connectivity index (χ2n) is 3.86. The van der Waals surface area contributed by atoms with Crippen molar-refractivity contribution in [3.63, 3.8) is 0 Å². The third kappa shape index (κ3) is 5.48. The predicted molar refractivity (Wildman–Crippen MR) is 76.6 cm³/mol. The highest BCUT2D eigenvalue weighted by atomic mass is 32.2. The summed E-state index contributed by atoms with van der Waals surface area (Å²) in [5.41, 5.74) is 2.59. The summed E-state index contributed by atoms with van der Waals surface area (Å²) in [6.45, 7) is 2.22.